The molecule has 0 aliphatic carbocycles. The predicted molar refractivity (Wildman–Crippen MR) is 69.2 cm³/mol. The lowest BCUT2D eigenvalue weighted by Gasteiger charge is -2.16. The van der Waals surface area contributed by atoms with Gasteiger partial charge in [-0.3, -0.25) is 4.79 Å². The van der Waals surface area contributed by atoms with Crippen LogP contribution in [0, 0.1) is 0 Å². The molecule has 0 radical (unpaired) electrons. The van der Waals surface area contributed by atoms with Crippen LogP contribution in [0.3, 0.4) is 0 Å². The van der Waals surface area contributed by atoms with Gasteiger partial charge in [0.15, 0.2) is 0 Å². The van der Waals surface area contributed by atoms with Gasteiger partial charge >= 0.3 is 5.97 Å². The third-order valence-electron chi connectivity index (χ3n) is 2.23. The van der Waals surface area contributed by atoms with Gasteiger partial charge in [0.2, 0.25) is 0 Å². The number of benzene rings is 1. The zero-order valence-electron chi connectivity index (χ0n) is 9.27. The van der Waals surface area contributed by atoms with E-state index >= 15 is 0 Å². The van der Waals surface area contributed by atoms with E-state index in [-0.39, 0.29) is 6.42 Å². The van der Waals surface area contributed by atoms with Gasteiger partial charge in [-0.15, -0.1) is 23.5 Å². The van der Waals surface area contributed by atoms with Crippen molar-refractivity contribution in [2.24, 2.45) is 5.73 Å². The number of carbonyl (C=O) groups is 1. The Balaban J connectivity index is 3.07. The van der Waals surface area contributed by atoms with Crippen LogP contribution in [0.4, 0.5) is 0 Å². The van der Waals surface area contributed by atoms with Gasteiger partial charge in [0, 0.05) is 15.8 Å². The molecule has 0 fully saturated rings. The van der Waals surface area contributed by atoms with Gasteiger partial charge in [-0.2, -0.15) is 0 Å². The van der Waals surface area contributed by atoms with Crippen molar-refractivity contribution in [3.05, 3.63) is 23.8 Å². The van der Waals surface area contributed by atoms with E-state index < -0.39 is 12.0 Å². The summed E-state index contributed by atoms with van der Waals surface area (Å²) >= 11 is 3.25. The average Bonchev–Trinajstić information content (AvgIpc) is 2.26. The van der Waals surface area contributed by atoms with Crippen LogP contribution in [0.25, 0.3) is 0 Å². The van der Waals surface area contributed by atoms with Gasteiger partial charge in [-0.25, -0.2) is 0 Å². The molecule has 0 aliphatic heterocycles. The number of nitrogens with two attached hydrogens (primary N) is 1. The molecular formula is C11H15NO2S2. The van der Waals surface area contributed by atoms with Crippen molar-refractivity contribution >= 4 is 29.5 Å². The van der Waals surface area contributed by atoms with E-state index in [1.807, 2.05) is 30.7 Å². The van der Waals surface area contributed by atoms with Crippen molar-refractivity contribution in [2.45, 2.75) is 22.3 Å². The third kappa shape index (κ3) is 3.17. The summed E-state index contributed by atoms with van der Waals surface area (Å²) in [6.45, 7) is 0. The lowest BCUT2D eigenvalue weighted by atomic mass is 10.0. The Labute approximate surface area is 104 Å². The lowest BCUT2D eigenvalue weighted by molar-refractivity contribution is -0.137. The Morgan fingerprint density at radius 1 is 1.44 bits per heavy atom. The third-order valence-corrected chi connectivity index (χ3v) is 4.00. The summed E-state index contributed by atoms with van der Waals surface area (Å²) in [6.07, 6.45) is 3.94. The maximum Gasteiger partial charge on any atom is 0.305 e. The zero-order chi connectivity index (χ0) is 12.1. The van der Waals surface area contributed by atoms with E-state index in [2.05, 4.69) is 0 Å². The second-order valence-electron chi connectivity index (χ2n) is 3.29. The van der Waals surface area contributed by atoms with Crippen molar-refractivity contribution in [1.82, 2.24) is 0 Å². The van der Waals surface area contributed by atoms with Gasteiger partial charge in [0.25, 0.3) is 0 Å². The highest BCUT2D eigenvalue weighted by Crippen LogP contribution is 2.34. The summed E-state index contributed by atoms with van der Waals surface area (Å²) in [5.74, 6) is -0.867. The van der Waals surface area contributed by atoms with Gasteiger partial charge < -0.3 is 10.8 Å². The van der Waals surface area contributed by atoms with E-state index in [1.165, 1.54) is 0 Å². The summed E-state index contributed by atoms with van der Waals surface area (Å²) in [7, 11) is 0. The van der Waals surface area contributed by atoms with Crippen LogP contribution in [0.2, 0.25) is 0 Å². The summed E-state index contributed by atoms with van der Waals surface area (Å²) in [5, 5.41) is 8.74. The summed E-state index contributed by atoms with van der Waals surface area (Å²) in [4.78, 5) is 12.9. The van der Waals surface area contributed by atoms with Crippen LogP contribution >= 0.6 is 23.5 Å². The standard InChI is InChI=1S/C11H15NO2S2/c1-15-9-5-3-4-7(11(9)16-2)8(12)6-10(13)14/h3-5,8H,6,12H2,1-2H3,(H,13,14). The molecule has 1 aromatic carbocycles. The monoisotopic (exact) mass is 257 g/mol. The molecule has 1 atom stereocenters. The molecule has 3 N–H and O–H groups in total. The van der Waals surface area contributed by atoms with Crippen LogP contribution in [-0.4, -0.2) is 23.6 Å². The minimum atomic E-state index is -0.867. The molecule has 88 valence electrons. The smallest absolute Gasteiger partial charge is 0.305 e. The molecule has 0 amide bonds. The maximum atomic E-state index is 10.6. The van der Waals surface area contributed by atoms with Gasteiger partial charge in [0.1, 0.15) is 0 Å². The van der Waals surface area contributed by atoms with Crippen LogP contribution in [0.15, 0.2) is 28.0 Å². The van der Waals surface area contributed by atoms with Gasteiger partial charge in [-0.05, 0) is 24.1 Å². The second kappa shape index (κ2) is 6.18. The van der Waals surface area contributed by atoms with Gasteiger partial charge in [-0.1, -0.05) is 12.1 Å². The molecule has 5 heteroatoms. The van der Waals surface area contributed by atoms with Gasteiger partial charge in [0.05, 0.1) is 6.42 Å². The summed E-state index contributed by atoms with van der Waals surface area (Å²) in [5.41, 5.74) is 6.81. The molecule has 1 unspecified atom stereocenters. The highest BCUT2D eigenvalue weighted by Gasteiger charge is 2.16. The Bertz CT molecular complexity index is 382. The molecule has 0 saturated carbocycles. The lowest BCUT2D eigenvalue weighted by Crippen LogP contribution is -2.16. The highest BCUT2D eigenvalue weighted by molar-refractivity contribution is 8.01. The Kier molecular flexibility index (Phi) is 5.18. The second-order valence-corrected chi connectivity index (χ2v) is 4.95. The van der Waals surface area contributed by atoms with Crippen LogP contribution in [0.5, 0.6) is 0 Å². The fraction of sp³-hybridized carbons (Fsp3) is 0.364. The van der Waals surface area contributed by atoms with Crippen molar-refractivity contribution < 1.29 is 9.90 Å². The minimum Gasteiger partial charge on any atom is -0.481 e. The van der Waals surface area contributed by atoms with E-state index in [4.69, 9.17) is 10.8 Å². The van der Waals surface area contributed by atoms with Crippen molar-refractivity contribution in [1.29, 1.82) is 0 Å². The average molecular weight is 257 g/mol. The van der Waals surface area contributed by atoms with Crippen LogP contribution < -0.4 is 5.73 Å². The molecule has 0 heterocycles. The molecule has 0 spiro atoms. The Morgan fingerprint density at radius 3 is 2.62 bits per heavy atom. The van der Waals surface area contributed by atoms with E-state index in [1.54, 1.807) is 23.5 Å². The molecule has 3 nitrogen and oxygen atoms in total. The number of rotatable bonds is 5. The first-order valence-corrected chi connectivity index (χ1v) is 7.23. The first-order chi connectivity index (χ1) is 7.60. The number of carboxylic acids is 1. The molecule has 0 aliphatic rings. The topological polar surface area (TPSA) is 63.3 Å². The largest absolute Gasteiger partial charge is 0.481 e. The van der Waals surface area contributed by atoms with Crippen LogP contribution in [-0.2, 0) is 4.79 Å². The molecule has 1 aromatic rings. The van der Waals surface area contributed by atoms with Crippen molar-refractivity contribution in [3.8, 4) is 0 Å². The van der Waals surface area contributed by atoms with E-state index in [0.29, 0.717) is 0 Å². The number of hydrogen-bond donors (Lipinski definition) is 2. The van der Waals surface area contributed by atoms with E-state index in [0.717, 1.165) is 15.4 Å². The molecule has 0 saturated heterocycles. The number of hydrogen-bond acceptors (Lipinski definition) is 4. The first-order valence-electron chi connectivity index (χ1n) is 4.78. The number of carboxylic acid groups (broad SMARTS) is 1. The van der Waals surface area contributed by atoms with E-state index in [9.17, 15) is 4.79 Å². The fourth-order valence-corrected chi connectivity index (χ4v) is 3.24. The quantitative estimate of drug-likeness (QED) is 0.794. The fourth-order valence-electron chi connectivity index (χ4n) is 1.50. The van der Waals surface area contributed by atoms with Crippen molar-refractivity contribution in [3.63, 3.8) is 0 Å². The maximum absolute atomic E-state index is 10.6. The predicted octanol–water partition coefficient (Wildman–Crippen LogP) is 2.60. The highest BCUT2D eigenvalue weighted by atomic mass is 32.2. The summed E-state index contributed by atoms with van der Waals surface area (Å²) in [6, 6.07) is 5.40. The molecule has 1 rings (SSSR count). The Hall–Kier alpha value is -0.650. The molecule has 0 aromatic heterocycles. The summed E-state index contributed by atoms with van der Waals surface area (Å²) < 4.78 is 0. The molecule has 16 heavy (non-hydrogen) atoms. The Morgan fingerprint density at radius 2 is 2.12 bits per heavy atom. The normalized spacial score (nSPS) is 12.4. The first kappa shape index (κ1) is 13.4. The number of thioether (sulfide) groups is 2. The number of aliphatic carboxylic acids is 1. The molecular weight excluding hydrogens is 242 g/mol. The zero-order valence-corrected chi connectivity index (χ0v) is 10.9. The SMILES string of the molecule is CSc1cccc(C(N)CC(=O)O)c1SC. The molecule has 0 bridgehead atoms. The minimum absolute atomic E-state index is 0.0363. The van der Waals surface area contributed by atoms with Crippen LogP contribution in [0.1, 0.15) is 18.0 Å². The van der Waals surface area contributed by atoms with Crippen molar-refractivity contribution in [2.75, 3.05) is 12.5 Å².